The molecule has 0 bridgehead atoms. The minimum atomic E-state index is -0.613. The van der Waals surface area contributed by atoms with Gasteiger partial charge in [0.2, 0.25) is 11.8 Å². The highest BCUT2D eigenvalue weighted by molar-refractivity contribution is 8.06. The zero-order chi connectivity index (χ0) is 38.8. The van der Waals surface area contributed by atoms with Gasteiger partial charge in [-0.3, -0.25) is 19.2 Å². The van der Waals surface area contributed by atoms with Gasteiger partial charge in [-0.15, -0.1) is 0 Å². The van der Waals surface area contributed by atoms with Crippen molar-refractivity contribution in [3.8, 4) is 0 Å². The predicted octanol–water partition coefficient (Wildman–Crippen LogP) is 6.05. The number of nitrogens with one attached hydrogen (secondary N) is 5. The average molecular weight is 741 g/mol. The summed E-state index contributed by atoms with van der Waals surface area (Å²) >= 11 is 1.60. The summed E-state index contributed by atoms with van der Waals surface area (Å²) in [5, 5.41) is 17.9. The van der Waals surface area contributed by atoms with E-state index < -0.39 is 12.1 Å². The number of nitrogens with zero attached hydrogens (tertiary/aromatic N) is 1. The maximum Gasteiger partial charge on any atom is 0.251 e. The van der Waals surface area contributed by atoms with Gasteiger partial charge in [-0.2, -0.15) is 0 Å². The Kier molecular flexibility index (Phi) is 17.9. The first-order valence-electron chi connectivity index (χ1n) is 18.3. The van der Waals surface area contributed by atoms with Crippen LogP contribution in [0.15, 0.2) is 95.4 Å². The SMILES string of the molecule is CCC.CCNC(=O)CNC(=O)C(C)NC[C@H](Cc1ccccc1)NC(=O)c1cc(C(=O)N[C@H](C)c2ccccc2)cc(C2=C(N(C)C)SC=CC2)c1. The molecule has 0 aromatic heterocycles. The van der Waals surface area contributed by atoms with E-state index in [1.54, 1.807) is 24.8 Å². The molecule has 0 fully saturated rings. The van der Waals surface area contributed by atoms with E-state index in [-0.39, 0.29) is 42.8 Å². The summed E-state index contributed by atoms with van der Waals surface area (Å²) < 4.78 is 0. The number of amides is 4. The topological polar surface area (TPSA) is 132 Å². The molecule has 4 amide bonds. The van der Waals surface area contributed by atoms with Crippen molar-refractivity contribution in [2.45, 2.75) is 72.0 Å². The summed E-state index contributed by atoms with van der Waals surface area (Å²) in [4.78, 5) is 54.4. The van der Waals surface area contributed by atoms with Crippen LogP contribution in [0, 0.1) is 0 Å². The second kappa shape index (κ2) is 22.3. The van der Waals surface area contributed by atoms with Crippen molar-refractivity contribution >= 4 is 41.0 Å². The summed E-state index contributed by atoms with van der Waals surface area (Å²) in [5.74, 6) is -1.20. The van der Waals surface area contributed by atoms with Crippen LogP contribution < -0.4 is 26.6 Å². The second-order valence-corrected chi connectivity index (χ2v) is 14.0. The molecule has 4 rings (SSSR count). The first kappa shape index (κ1) is 42.5. The Balaban J connectivity index is 0.00000243. The molecule has 1 heterocycles. The first-order valence-corrected chi connectivity index (χ1v) is 19.2. The van der Waals surface area contributed by atoms with Gasteiger partial charge in [0.25, 0.3) is 11.8 Å². The molecule has 11 heteroatoms. The average Bonchev–Trinajstić information content (AvgIpc) is 3.16. The fourth-order valence-electron chi connectivity index (χ4n) is 5.56. The smallest absolute Gasteiger partial charge is 0.251 e. The van der Waals surface area contributed by atoms with Crippen LogP contribution in [0.5, 0.6) is 0 Å². The molecule has 3 aromatic rings. The van der Waals surface area contributed by atoms with E-state index in [0.717, 1.165) is 27.3 Å². The third kappa shape index (κ3) is 13.9. The molecular weight excluding hydrogens is 685 g/mol. The lowest BCUT2D eigenvalue weighted by atomic mass is 9.96. The number of carbonyl (C=O) groups excluding carboxylic acids is 4. The van der Waals surface area contributed by atoms with E-state index in [1.165, 1.54) is 6.42 Å². The normalized spacial score (nSPS) is 13.8. The van der Waals surface area contributed by atoms with Crippen molar-refractivity contribution < 1.29 is 19.2 Å². The van der Waals surface area contributed by atoms with Gasteiger partial charge in [0.15, 0.2) is 0 Å². The number of carbonyl (C=O) groups is 4. The van der Waals surface area contributed by atoms with Gasteiger partial charge in [0.1, 0.15) is 0 Å². The quantitative estimate of drug-likeness (QED) is 0.121. The van der Waals surface area contributed by atoms with Crippen molar-refractivity contribution in [3.05, 3.63) is 123 Å². The molecule has 1 unspecified atom stereocenters. The van der Waals surface area contributed by atoms with Gasteiger partial charge in [-0.25, -0.2) is 0 Å². The van der Waals surface area contributed by atoms with Gasteiger partial charge < -0.3 is 31.5 Å². The number of hydrogen-bond donors (Lipinski definition) is 5. The van der Waals surface area contributed by atoms with E-state index in [4.69, 9.17) is 0 Å². The number of hydrogen-bond acceptors (Lipinski definition) is 7. The highest BCUT2D eigenvalue weighted by atomic mass is 32.2. The molecule has 10 nitrogen and oxygen atoms in total. The van der Waals surface area contributed by atoms with E-state index in [9.17, 15) is 19.2 Å². The molecule has 0 saturated heterocycles. The highest BCUT2D eigenvalue weighted by Gasteiger charge is 2.23. The van der Waals surface area contributed by atoms with E-state index >= 15 is 0 Å². The lowest BCUT2D eigenvalue weighted by Crippen LogP contribution is -2.50. The number of benzene rings is 3. The second-order valence-electron chi connectivity index (χ2n) is 13.1. The third-order valence-corrected chi connectivity index (χ3v) is 9.40. The Bertz CT molecular complexity index is 1710. The third-order valence-electron chi connectivity index (χ3n) is 8.24. The zero-order valence-corrected chi connectivity index (χ0v) is 32.9. The van der Waals surface area contributed by atoms with Crippen LogP contribution in [0.1, 0.15) is 90.9 Å². The van der Waals surface area contributed by atoms with Crippen molar-refractivity contribution in [3.63, 3.8) is 0 Å². The Morgan fingerprint density at radius 3 is 2.02 bits per heavy atom. The molecule has 5 N–H and O–H groups in total. The summed E-state index contributed by atoms with van der Waals surface area (Å²) in [6, 6.07) is 23.6. The fourth-order valence-corrected chi connectivity index (χ4v) is 6.43. The number of likely N-dealkylation sites (N-methyl/N-ethyl adjacent to an activating group) is 1. The molecule has 3 atom stereocenters. The predicted molar refractivity (Wildman–Crippen MR) is 217 cm³/mol. The maximum absolute atomic E-state index is 14.1. The van der Waals surface area contributed by atoms with E-state index in [1.807, 2.05) is 111 Å². The van der Waals surface area contributed by atoms with Crippen LogP contribution in [0.2, 0.25) is 0 Å². The monoisotopic (exact) mass is 740 g/mol. The minimum Gasteiger partial charge on any atom is -0.372 e. The highest BCUT2D eigenvalue weighted by Crippen LogP contribution is 2.36. The molecule has 0 radical (unpaired) electrons. The van der Waals surface area contributed by atoms with Gasteiger partial charge in [-0.05, 0) is 79.5 Å². The molecule has 1 aliphatic heterocycles. The molecule has 0 saturated carbocycles. The maximum atomic E-state index is 14.1. The van der Waals surface area contributed by atoms with E-state index in [2.05, 4.69) is 46.5 Å². The van der Waals surface area contributed by atoms with Crippen LogP contribution >= 0.6 is 11.8 Å². The summed E-state index contributed by atoms with van der Waals surface area (Å²) in [5.41, 5.74) is 4.56. The summed E-state index contributed by atoms with van der Waals surface area (Å²) in [6.07, 6.45) is 4.49. The summed E-state index contributed by atoms with van der Waals surface area (Å²) in [6.45, 7) is 10.4. The van der Waals surface area contributed by atoms with Crippen LogP contribution in [-0.2, 0) is 16.0 Å². The Hall–Kier alpha value is -4.87. The van der Waals surface area contributed by atoms with E-state index in [0.29, 0.717) is 30.5 Å². The lowest BCUT2D eigenvalue weighted by molar-refractivity contribution is -0.127. The molecule has 1 aliphatic rings. The number of thioether (sulfide) groups is 1. The summed E-state index contributed by atoms with van der Waals surface area (Å²) in [7, 11) is 3.96. The first-order chi connectivity index (χ1) is 25.5. The van der Waals surface area contributed by atoms with Crippen LogP contribution in [0.4, 0.5) is 0 Å². The minimum absolute atomic E-state index is 0.112. The Morgan fingerprint density at radius 1 is 0.811 bits per heavy atom. The van der Waals surface area contributed by atoms with Crippen molar-refractivity contribution in [1.29, 1.82) is 0 Å². The Morgan fingerprint density at radius 2 is 1.42 bits per heavy atom. The van der Waals surface area contributed by atoms with Gasteiger partial charge in [0, 0.05) is 44.4 Å². The zero-order valence-electron chi connectivity index (χ0n) is 32.1. The Labute approximate surface area is 319 Å². The molecule has 3 aromatic carbocycles. The molecule has 0 aliphatic carbocycles. The number of rotatable bonds is 16. The molecule has 0 spiro atoms. The van der Waals surface area contributed by atoms with Gasteiger partial charge >= 0.3 is 0 Å². The molecule has 53 heavy (non-hydrogen) atoms. The van der Waals surface area contributed by atoms with Crippen molar-refractivity contribution in [1.82, 2.24) is 31.5 Å². The molecular formula is C42H56N6O4S. The fraction of sp³-hybridized carbons (Fsp3) is 0.381. The van der Waals surface area contributed by atoms with Crippen molar-refractivity contribution in [2.24, 2.45) is 0 Å². The van der Waals surface area contributed by atoms with Crippen LogP contribution in [0.25, 0.3) is 5.57 Å². The van der Waals surface area contributed by atoms with Crippen molar-refractivity contribution in [2.75, 3.05) is 33.7 Å². The standard InChI is InChI=1S/C39H48N6O4S.C3H8/c1-6-40-35(46)25-42-36(47)27(3)41-24-33(20-28-14-9-7-10-15-28)44-38(49)32-22-30(34-18-13-19-50-39(34)45(4)5)21-31(23-32)37(48)43-26(2)29-16-11-8-12-17-29;1-3-2/h7-17,19,21-23,26-27,33,41H,6,18,20,24-25H2,1-5H3,(H,40,46)(H,42,47)(H,43,48)(H,44,49);3H2,1-2H3/t26-,27?,33+;/m1./s1. The van der Waals surface area contributed by atoms with Crippen LogP contribution in [0.3, 0.4) is 0 Å². The lowest BCUT2D eigenvalue weighted by Gasteiger charge is -2.24. The molecule has 284 valence electrons. The van der Waals surface area contributed by atoms with Gasteiger partial charge in [-0.1, -0.05) is 98.8 Å². The number of allylic oxidation sites excluding steroid dienone is 2. The van der Waals surface area contributed by atoms with Crippen LogP contribution in [-0.4, -0.2) is 74.3 Å². The van der Waals surface area contributed by atoms with Gasteiger partial charge in [0.05, 0.1) is 23.7 Å². The largest absolute Gasteiger partial charge is 0.372 e.